The molecule has 0 amide bonds. The lowest BCUT2D eigenvalue weighted by molar-refractivity contribution is -0.150. The lowest BCUT2D eigenvalue weighted by Crippen LogP contribution is -2.14. The summed E-state index contributed by atoms with van der Waals surface area (Å²) < 4.78 is 15.4. The first kappa shape index (κ1) is 14.0. The van der Waals surface area contributed by atoms with Crippen molar-refractivity contribution in [2.45, 2.75) is 25.6 Å². The zero-order chi connectivity index (χ0) is 14.2. The normalized spacial score (nSPS) is 18.5. The molecule has 0 spiro atoms. The molecule has 104 valence electrons. The number of aliphatic hydroxyl groups is 1. The summed E-state index contributed by atoms with van der Waals surface area (Å²) in [5.74, 6) is 0.249. The number of rotatable bonds is 3. The van der Waals surface area contributed by atoms with Crippen LogP contribution in [0.1, 0.15) is 24.2 Å². The number of halogens is 1. The molecular formula is C13H15ClO5. The van der Waals surface area contributed by atoms with Crippen molar-refractivity contribution in [1.82, 2.24) is 0 Å². The van der Waals surface area contributed by atoms with Crippen molar-refractivity contribution < 1.29 is 24.1 Å². The third-order valence-electron chi connectivity index (χ3n) is 3.05. The van der Waals surface area contributed by atoms with Gasteiger partial charge in [0.05, 0.1) is 19.2 Å². The number of benzene rings is 1. The van der Waals surface area contributed by atoms with Gasteiger partial charge in [-0.05, 0) is 13.0 Å². The number of carbonyl (C=O) groups excluding carboxylic acids is 1. The summed E-state index contributed by atoms with van der Waals surface area (Å²) in [6, 6.07) is 1.50. The number of ether oxygens (including phenoxy) is 3. The van der Waals surface area contributed by atoms with Gasteiger partial charge in [-0.3, -0.25) is 0 Å². The second kappa shape index (κ2) is 5.27. The van der Waals surface area contributed by atoms with Gasteiger partial charge in [0.25, 0.3) is 0 Å². The summed E-state index contributed by atoms with van der Waals surface area (Å²) >= 11 is 6.24. The van der Waals surface area contributed by atoms with Crippen molar-refractivity contribution in [2.75, 3.05) is 14.2 Å². The Morgan fingerprint density at radius 3 is 2.84 bits per heavy atom. The molecule has 2 rings (SSSR count). The van der Waals surface area contributed by atoms with Crippen LogP contribution in [0, 0.1) is 0 Å². The molecule has 0 aliphatic carbocycles. The highest BCUT2D eigenvalue weighted by Gasteiger charge is 2.31. The molecule has 19 heavy (non-hydrogen) atoms. The van der Waals surface area contributed by atoms with Gasteiger partial charge in [-0.2, -0.15) is 0 Å². The Kier molecular flexibility index (Phi) is 3.87. The fourth-order valence-corrected chi connectivity index (χ4v) is 2.44. The van der Waals surface area contributed by atoms with Crippen molar-refractivity contribution >= 4 is 17.6 Å². The van der Waals surface area contributed by atoms with Crippen molar-refractivity contribution in [3.8, 4) is 11.5 Å². The molecule has 0 saturated carbocycles. The van der Waals surface area contributed by atoms with Crippen molar-refractivity contribution in [1.29, 1.82) is 0 Å². The summed E-state index contributed by atoms with van der Waals surface area (Å²) in [6.45, 7) is 1.91. The SMILES string of the molecule is COC(=O)C(O)c1cc(OC)c2c(c1Cl)CC(C)O2. The van der Waals surface area contributed by atoms with Gasteiger partial charge in [-0.1, -0.05) is 11.6 Å². The van der Waals surface area contributed by atoms with Crippen LogP contribution in [0.3, 0.4) is 0 Å². The number of aliphatic hydroxyl groups excluding tert-OH is 1. The van der Waals surface area contributed by atoms with E-state index < -0.39 is 12.1 Å². The average molecular weight is 287 g/mol. The van der Waals surface area contributed by atoms with E-state index in [2.05, 4.69) is 4.74 Å². The first-order chi connectivity index (χ1) is 8.99. The summed E-state index contributed by atoms with van der Waals surface area (Å²) in [4.78, 5) is 11.4. The maximum atomic E-state index is 11.4. The molecule has 1 N–H and O–H groups in total. The highest BCUT2D eigenvalue weighted by atomic mass is 35.5. The smallest absolute Gasteiger partial charge is 0.339 e. The van der Waals surface area contributed by atoms with Crippen LogP contribution >= 0.6 is 11.6 Å². The minimum Gasteiger partial charge on any atom is -0.493 e. The van der Waals surface area contributed by atoms with Crippen LogP contribution in [0.5, 0.6) is 11.5 Å². The minimum atomic E-state index is -1.44. The largest absolute Gasteiger partial charge is 0.493 e. The summed E-state index contributed by atoms with van der Waals surface area (Å²) in [5.41, 5.74) is 1.01. The van der Waals surface area contributed by atoms with Gasteiger partial charge < -0.3 is 19.3 Å². The van der Waals surface area contributed by atoms with E-state index >= 15 is 0 Å². The van der Waals surface area contributed by atoms with E-state index in [1.807, 2.05) is 6.92 Å². The molecule has 1 aromatic carbocycles. The zero-order valence-corrected chi connectivity index (χ0v) is 11.7. The second-order valence-electron chi connectivity index (χ2n) is 4.35. The first-order valence-electron chi connectivity index (χ1n) is 5.81. The summed E-state index contributed by atoms with van der Waals surface area (Å²) in [5, 5.41) is 10.2. The third-order valence-corrected chi connectivity index (χ3v) is 3.50. The molecule has 0 saturated heterocycles. The Morgan fingerprint density at radius 2 is 2.26 bits per heavy atom. The first-order valence-corrected chi connectivity index (χ1v) is 6.19. The molecule has 5 nitrogen and oxygen atoms in total. The molecule has 1 aromatic rings. The van der Waals surface area contributed by atoms with Gasteiger partial charge in [-0.25, -0.2) is 4.79 Å². The van der Waals surface area contributed by atoms with Gasteiger partial charge in [0.1, 0.15) is 6.10 Å². The Labute approximate surface area is 116 Å². The second-order valence-corrected chi connectivity index (χ2v) is 4.73. The van der Waals surface area contributed by atoms with E-state index in [0.717, 1.165) is 5.56 Å². The molecular weight excluding hydrogens is 272 g/mol. The van der Waals surface area contributed by atoms with E-state index in [4.69, 9.17) is 21.1 Å². The van der Waals surface area contributed by atoms with Gasteiger partial charge in [0.15, 0.2) is 17.6 Å². The summed E-state index contributed by atoms with van der Waals surface area (Å²) in [6.07, 6.45) is -0.855. The number of fused-ring (bicyclic) bond motifs is 1. The highest BCUT2D eigenvalue weighted by Crippen LogP contribution is 2.45. The maximum absolute atomic E-state index is 11.4. The average Bonchev–Trinajstić information content (AvgIpc) is 2.80. The van der Waals surface area contributed by atoms with Gasteiger partial charge >= 0.3 is 5.97 Å². The molecule has 2 unspecified atom stereocenters. The van der Waals surface area contributed by atoms with E-state index in [0.29, 0.717) is 22.9 Å². The monoisotopic (exact) mass is 286 g/mol. The van der Waals surface area contributed by atoms with Crippen LogP contribution in [0.4, 0.5) is 0 Å². The van der Waals surface area contributed by atoms with E-state index in [1.54, 1.807) is 0 Å². The Morgan fingerprint density at radius 1 is 1.58 bits per heavy atom. The number of hydrogen-bond acceptors (Lipinski definition) is 5. The number of methoxy groups -OCH3 is 2. The Bertz CT molecular complexity index is 514. The Hall–Kier alpha value is -1.46. The van der Waals surface area contributed by atoms with Crippen molar-refractivity contribution in [3.05, 3.63) is 22.2 Å². The van der Waals surface area contributed by atoms with Crippen LogP contribution in [0.2, 0.25) is 5.02 Å². The highest BCUT2D eigenvalue weighted by molar-refractivity contribution is 6.32. The van der Waals surface area contributed by atoms with Crippen LogP contribution in [0.15, 0.2) is 6.07 Å². The molecule has 6 heteroatoms. The van der Waals surface area contributed by atoms with Crippen LogP contribution in [-0.4, -0.2) is 31.4 Å². The fraction of sp³-hybridized carbons (Fsp3) is 0.462. The summed E-state index contributed by atoms with van der Waals surface area (Å²) in [7, 11) is 2.69. The minimum absolute atomic E-state index is 0.0214. The lowest BCUT2D eigenvalue weighted by atomic mass is 10.0. The number of esters is 1. The van der Waals surface area contributed by atoms with Crippen molar-refractivity contribution in [3.63, 3.8) is 0 Å². The molecule has 0 radical (unpaired) electrons. The topological polar surface area (TPSA) is 65.0 Å². The number of carbonyl (C=O) groups is 1. The van der Waals surface area contributed by atoms with Crippen LogP contribution < -0.4 is 9.47 Å². The number of hydrogen-bond donors (Lipinski definition) is 1. The maximum Gasteiger partial charge on any atom is 0.339 e. The van der Waals surface area contributed by atoms with E-state index in [-0.39, 0.29) is 11.7 Å². The van der Waals surface area contributed by atoms with Crippen LogP contribution in [0.25, 0.3) is 0 Å². The molecule has 0 aromatic heterocycles. The molecule has 1 aliphatic rings. The Balaban J connectivity index is 2.53. The molecule has 0 fully saturated rings. The van der Waals surface area contributed by atoms with Gasteiger partial charge in [0, 0.05) is 17.5 Å². The van der Waals surface area contributed by atoms with E-state index in [1.165, 1.54) is 20.3 Å². The fourth-order valence-electron chi connectivity index (χ4n) is 2.12. The predicted molar refractivity (Wildman–Crippen MR) is 68.8 cm³/mol. The molecule has 1 heterocycles. The molecule has 0 bridgehead atoms. The quantitative estimate of drug-likeness (QED) is 0.860. The predicted octanol–water partition coefficient (Wildman–Crippen LogP) is 1.88. The van der Waals surface area contributed by atoms with E-state index in [9.17, 15) is 9.90 Å². The van der Waals surface area contributed by atoms with Gasteiger partial charge in [0.2, 0.25) is 0 Å². The van der Waals surface area contributed by atoms with Gasteiger partial charge in [-0.15, -0.1) is 0 Å². The molecule has 2 atom stereocenters. The lowest BCUT2D eigenvalue weighted by Gasteiger charge is -2.15. The standard InChI is InChI=1S/C13H15ClO5/c1-6-4-8-10(14)7(11(15)13(16)18-3)5-9(17-2)12(8)19-6/h5-6,11,15H,4H2,1-3H3. The molecule has 1 aliphatic heterocycles. The van der Waals surface area contributed by atoms with Crippen molar-refractivity contribution in [2.24, 2.45) is 0 Å². The third kappa shape index (κ3) is 2.35. The van der Waals surface area contributed by atoms with Crippen LogP contribution in [-0.2, 0) is 16.0 Å². The zero-order valence-electron chi connectivity index (χ0n) is 10.9.